The number of amides is 1. The van der Waals surface area contributed by atoms with E-state index in [1.807, 2.05) is 24.3 Å². The first-order valence-corrected chi connectivity index (χ1v) is 10.1. The lowest BCUT2D eigenvalue weighted by Crippen LogP contribution is -2.13. The molecular weight excluding hydrogens is 371 g/mol. The van der Waals surface area contributed by atoms with Gasteiger partial charge < -0.3 is 9.73 Å². The lowest BCUT2D eigenvalue weighted by atomic mass is 10.1. The molecule has 2 aromatic carbocycles. The van der Waals surface area contributed by atoms with Crippen LogP contribution in [0.5, 0.6) is 0 Å². The molecule has 0 saturated carbocycles. The van der Waals surface area contributed by atoms with Gasteiger partial charge in [-0.1, -0.05) is 47.8 Å². The van der Waals surface area contributed by atoms with Gasteiger partial charge in [-0.25, -0.2) is 4.39 Å². The number of para-hydroxylation sites is 1. The SMILES string of the molecule is O=C(Nc1cccc(F)c1)c1oc2ccccc2c1CSC1=NCCS1. The Morgan fingerprint density at radius 2 is 2.15 bits per heavy atom. The van der Waals surface area contributed by atoms with E-state index in [-0.39, 0.29) is 11.7 Å². The van der Waals surface area contributed by atoms with Crippen LogP contribution in [-0.2, 0) is 5.75 Å². The molecule has 0 aliphatic carbocycles. The van der Waals surface area contributed by atoms with Gasteiger partial charge in [0.1, 0.15) is 15.8 Å². The van der Waals surface area contributed by atoms with Gasteiger partial charge in [0.25, 0.3) is 5.91 Å². The van der Waals surface area contributed by atoms with Crippen LogP contribution in [0.2, 0.25) is 0 Å². The maximum atomic E-state index is 13.4. The monoisotopic (exact) mass is 386 g/mol. The summed E-state index contributed by atoms with van der Waals surface area (Å²) in [5.41, 5.74) is 1.88. The average Bonchev–Trinajstić information content (AvgIpc) is 3.27. The highest BCUT2D eigenvalue weighted by molar-refractivity contribution is 8.38. The Morgan fingerprint density at radius 1 is 1.27 bits per heavy atom. The number of aliphatic imine (C=N–C) groups is 1. The van der Waals surface area contributed by atoms with Crippen molar-refractivity contribution in [3.63, 3.8) is 0 Å². The van der Waals surface area contributed by atoms with Crippen molar-refractivity contribution in [2.75, 3.05) is 17.6 Å². The Kier molecular flexibility index (Phi) is 4.99. The van der Waals surface area contributed by atoms with Crippen molar-refractivity contribution in [3.05, 3.63) is 65.7 Å². The predicted molar refractivity (Wildman–Crippen MR) is 107 cm³/mol. The standard InChI is InChI=1S/C19H15FN2O2S2/c20-12-4-3-5-13(10-12)22-18(23)17-15(11-26-19-21-8-9-25-19)14-6-1-2-7-16(14)24-17/h1-7,10H,8-9,11H2,(H,22,23). The van der Waals surface area contributed by atoms with Crippen LogP contribution in [0.3, 0.4) is 0 Å². The third-order valence-electron chi connectivity index (χ3n) is 3.88. The molecule has 26 heavy (non-hydrogen) atoms. The van der Waals surface area contributed by atoms with E-state index in [0.29, 0.717) is 17.0 Å². The number of carbonyl (C=O) groups is 1. The molecule has 0 radical (unpaired) electrons. The van der Waals surface area contributed by atoms with Crippen LogP contribution < -0.4 is 5.32 Å². The van der Waals surface area contributed by atoms with Crippen LogP contribution in [0, 0.1) is 5.82 Å². The van der Waals surface area contributed by atoms with E-state index in [1.165, 1.54) is 12.1 Å². The fraction of sp³-hybridized carbons (Fsp3) is 0.158. The highest BCUT2D eigenvalue weighted by Gasteiger charge is 2.22. The second kappa shape index (κ2) is 7.55. The topological polar surface area (TPSA) is 54.6 Å². The van der Waals surface area contributed by atoms with E-state index < -0.39 is 5.82 Å². The molecule has 3 aromatic rings. The fourth-order valence-corrected chi connectivity index (χ4v) is 4.75. The summed E-state index contributed by atoms with van der Waals surface area (Å²) < 4.78 is 20.2. The Hall–Kier alpha value is -2.25. The highest BCUT2D eigenvalue weighted by Crippen LogP contribution is 2.33. The molecule has 7 heteroatoms. The van der Waals surface area contributed by atoms with Crippen molar-refractivity contribution < 1.29 is 13.6 Å². The summed E-state index contributed by atoms with van der Waals surface area (Å²) in [4.78, 5) is 17.2. The van der Waals surface area contributed by atoms with Gasteiger partial charge in [0.05, 0.1) is 6.54 Å². The Bertz CT molecular complexity index is 1000. The summed E-state index contributed by atoms with van der Waals surface area (Å²) in [7, 11) is 0. The van der Waals surface area contributed by atoms with E-state index in [0.717, 1.165) is 27.6 Å². The number of fused-ring (bicyclic) bond motifs is 1. The number of carbonyl (C=O) groups excluding carboxylic acids is 1. The number of halogens is 1. The van der Waals surface area contributed by atoms with Gasteiger partial charge in [0.15, 0.2) is 5.76 Å². The largest absolute Gasteiger partial charge is 0.451 e. The molecule has 0 bridgehead atoms. The third kappa shape index (κ3) is 3.64. The minimum Gasteiger partial charge on any atom is -0.451 e. The number of nitrogens with zero attached hydrogens (tertiary/aromatic N) is 1. The molecule has 0 fully saturated rings. The Morgan fingerprint density at radius 3 is 2.96 bits per heavy atom. The fourth-order valence-electron chi connectivity index (χ4n) is 2.72. The quantitative estimate of drug-likeness (QED) is 0.673. The van der Waals surface area contributed by atoms with Crippen LogP contribution in [0.15, 0.2) is 57.9 Å². The molecule has 2 heterocycles. The van der Waals surface area contributed by atoms with E-state index in [2.05, 4.69) is 10.3 Å². The first-order chi connectivity index (χ1) is 12.7. The van der Waals surface area contributed by atoms with E-state index in [1.54, 1.807) is 35.7 Å². The van der Waals surface area contributed by atoms with Gasteiger partial charge in [-0.15, -0.1) is 0 Å². The highest BCUT2D eigenvalue weighted by atomic mass is 32.2. The molecule has 4 nitrogen and oxygen atoms in total. The molecule has 1 N–H and O–H groups in total. The minimum absolute atomic E-state index is 0.256. The zero-order chi connectivity index (χ0) is 17.9. The van der Waals surface area contributed by atoms with Crippen molar-refractivity contribution in [1.29, 1.82) is 0 Å². The number of benzene rings is 2. The van der Waals surface area contributed by atoms with Gasteiger partial charge in [0.2, 0.25) is 0 Å². The summed E-state index contributed by atoms with van der Waals surface area (Å²) in [5, 5.41) is 3.62. The van der Waals surface area contributed by atoms with E-state index >= 15 is 0 Å². The van der Waals surface area contributed by atoms with Crippen molar-refractivity contribution in [3.8, 4) is 0 Å². The maximum Gasteiger partial charge on any atom is 0.291 e. The molecule has 4 rings (SSSR count). The summed E-state index contributed by atoms with van der Waals surface area (Å²) in [6.45, 7) is 0.839. The molecule has 0 unspecified atom stereocenters. The minimum atomic E-state index is -0.403. The number of thioether (sulfide) groups is 2. The van der Waals surface area contributed by atoms with Crippen molar-refractivity contribution in [2.45, 2.75) is 5.75 Å². The van der Waals surface area contributed by atoms with E-state index in [4.69, 9.17) is 4.42 Å². The molecule has 0 spiro atoms. The third-order valence-corrected chi connectivity index (χ3v) is 6.16. The molecule has 0 atom stereocenters. The summed E-state index contributed by atoms with van der Waals surface area (Å²) in [6.07, 6.45) is 0. The van der Waals surface area contributed by atoms with Crippen LogP contribution in [-0.4, -0.2) is 22.6 Å². The lowest BCUT2D eigenvalue weighted by molar-refractivity contribution is 0.0998. The van der Waals surface area contributed by atoms with Gasteiger partial charge in [-0.3, -0.25) is 9.79 Å². The number of nitrogens with one attached hydrogen (secondary N) is 1. The number of anilines is 1. The second-order valence-corrected chi connectivity index (χ2v) is 7.96. The van der Waals surface area contributed by atoms with Crippen LogP contribution in [0.1, 0.15) is 16.1 Å². The van der Waals surface area contributed by atoms with Gasteiger partial charge in [-0.05, 0) is 24.3 Å². The van der Waals surface area contributed by atoms with Gasteiger partial charge in [-0.2, -0.15) is 0 Å². The molecule has 132 valence electrons. The molecule has 0 saturated heterocycles. The van der Waals surface area contributed by atoms with Crippen molar-refractivity contribution >= 4 is 50.5 Å². The Balaban J connectivity index is 1.64. The summed E-state index contributed by atoms with van der Waals surface area (Å²) in [6, 6.07) is 13.4. The number of hydrogen-bond acceptors (Lipinski definition) is 5. The summed E-state index contributed by atoms with van der Waals surface area (Å²) >= 11 is 3.34. The van der Waals surface area contributed by atoms with Crippen LogP contribution in [0.25, 0.3) is 11.0 Å². The Labute approximate surface area is 158 Å². The van der Waals surface area contributed by atoms with Crippen molar-refractivity contribution in [2.24, 2.45) is 4.99 Å². The molecule has 1 aromatic heterocycles. The molecular formula is C19H15FN2O2S2. The van der Waals surface area contributed by atoms with Crippen molar-refractivity contribution in [1.82, 2.24) is 0 Å². The first kappa shape index (κ1) is 17.2. The van der Waals surface area contributed by atoms with E-state index in [9.17, 15) is 9.18 Å². The van der Waals surface area contributed by atoms with Gasteiger partial charge >= 0.3 is 0 Å². The summed E-state index contributed by atoms with van der Waals surface area (Å²) in [5.74, 6) is 1.06. The average molecular weight is 386 g/mol. The number of rotatable bonds is 4. The molecule has 1 aliphatic heterocycles. The number of hydrogen-bond donors (Lipinski definition) is 1. The maximum absolute atomic E-state index is 13.4. The molecule has 1 amide bonds. The first-order valence-electron chi connectivity index (χ1n) is 8.08. The van der Waals surface area contributed by atoms with Crippen LogP contribution in [0.4, 0.5) is 10.1 Å². The lowest BCUT2D eigenvalue weighted by Gasteiger charge is -2.06. The second-order valence-electron chi connectivity index (χ2n) is 5.66. The normalized spacial score (nSPS) is 13.8. The zero-order valence-electron chi connectivity index (χ0n) is 13.7. The van der Waals surface area contributed by atoms with Gasteiger partial charge in [0, 0.05) is 28.1 Å². The smallest absolute Gasteiger partial charge is 0.291 e. The molecule has 1 aliphatic rings. The predicted octanol–water partition coefficient (Wildman–Crippen LogP) is 5.16. The number of furan rings is 1. The van der Waals surface area contributed by atoms with Crippen LogP contribution >= 0.6 is 23.5 Å². The zero-order valence-corrected chi connectivity index (χ0v) is 15.3.